The predicted molar refractivity (Wildman–Crippen MR) is 106 cm³/mol. The number of thioether (sulfide) groups is 1. The first kappa shape index (κ1) is 18.7. The average Bonchev–Trinajstić information content (AvgIpc) is 3.19. The minimum Gasteiger partial charge on any atom is -0.465 e. The highest BCUT2D eigenvalue weighted by Gasteiger charge is 2.30. The van der Waals surface area contributed by atoms with Crippen molar-refractivity contribution in [1.82, 2.24) is 4.90 Å². The van der Waals surface area contributed by atoms with Gasteiger partial charge in [0.15, 0.2) is 0 Å². The molecule has 1 saturated heterocycles. The number of benzene rings is 1. The highest BCUT2D eigenvalue weighted by Crippen LogP contribution is 2.34. The van der Waals surface area contributed by atoms with Crippen molar-refractivity contribution < 1.29 is 18.7 Å². The Kier molecular flexibility index (Phi) is 5.50. The maximum absolute atomic E-state index is 12.3. The fourth-order valence-corrected chi connectivity index (χ4v) is 3.99. The van der Waals surface area contributed by atoms with E-state index in [0.717, 1.165) is 0 Å². The molecule has 0 saturated carbocycles. The monoisotopic (exact) mass is 407 g/mol. The van der Waals surface area contributed by atoms with Crippen molar-refractivity contribution >= 4 is 57.9 Å². The molecule has 1 aliphatic heterocycles. The molecular formula is C18H14ClNO4S2. The molecule has 2 aromatic rings. The topological polar surface area (TPSA) is 59.8 Å². The Bertz CT molecular complexity index is 935. The van der Waals surface area contributed by atoms with Crippen LogP contribution >= 0.6 is 35.6 Å². The number of rotatable bonds is 4. The van der Waals surface area contributed by atoms with Crippen molar-refractivity contribution in [3.8, 4) is 11.3 Å². The van der Waals surface area contributed by atoms with Gasteiger partial charge in [0.1, 0.15) is 15.8 Å². The van der Waals surface area contributed by atoms with E-state index >= 15 is 0 Å². The lowest BCUT2D eigenvalue weighted by Crippen LogP contribution is -2.27. The van der Waals surface area contributed by atoms with Crippen LogP contribution in [0.5, 0.6) is 0 Å². The van der Waals surface area contributed by atoms with Gasteiger partial charge in [-0.05, 0) is 37.3 Å². The second kappa shape index (κ2) is 7.65. The van der Waals surface area contributed by atoms with E-state index in [1.807, 2.05) is 6.92 Å². The molecule has 1 amide bonds. The van der Waals surface area contributed by atoms with E-state index in [1.54, 1.807) is 36.4 Å². The van der Waals surface area contributed by atoms with Crippen molar-refractivity contribution in [2.75, 3.05) is 13.7 Å². The minimum atomic E-state index is -0.521. The summed E-state index contributed by atoms with van der Waals surface area (Å²) in [6.45, 7) is 2.41. The third-order valence-electron chi connectivity index (χ3n) is 3.75. The lowest BCUT2D eigenvalue weighted by molar-refractivity contribution is -0.122. The number of amides is 1. The van der Waals surface area contributed by atoms with Crippen molar-refractivity contribution in [3.05, 3.63) is 51.6 Å². The van der Waals surface area contributed by atoms with E-state index in [1.165, 1.54) is 23.8 Å². The van der Waals surface area contributed by atoms with Crippen LogP contribution in [-0.4, -0.2) is 34.8 Å². The van der Waals surface area contributed by atoms with Crippen LogP contribution in [0.2, 0.25) is 5.02 Å². The number of likely N-dealkylation sites (N-methyl/N-ethyl adjacent to an activating group) is 1. The van der Waals surface area contributed by atoms with Crippen LogP contribution in [-0.2, 0) is 9.53 Å². The molecule has 1 fully saturated rings. The Labute approximate surface area is 164 Å². The molecule has 1 aliphatic rings. The number of carbonyl (C=O) groups excluding carboxylic acids is 2. The number of carbonyl (C=O) groups is 2. The van der Waals surface area contributed by atoms with E-state index in [9.17, 15) is 9.59 Å². The number of hydrogen-bond donors (Lipinski definition) is 0. The molecule has 0 radical (unpaired) electrons. The Morgan fingerprint density at radius 2 is 2.15 bits per heavy atom. The summed E-state index contributed by atoms with van der Waals surface area (Å²) in [5.74, 6) is 0.419. The van der Waals surface area contributed by atoms with Gasteiger partial charge < -0.3 is 9.15 Å². The summed E-state index contributed by atoms with van der Waals surface area (Å²) >= 11 is 12.5. The molecule has 0 unspecified atom stereocenters. The summed E-state index contributed by atoms with van der Waals surface area (Å²) in [5.41, 5.74) is 0.934. The number of furan rings is 1. The molecule has 0 bridgehead atoms. The van der Waals surface area contributed by atoms with Crippen LogP contribution in [0.4, 0.5) is 0 Å². The average molecular weight is 408 g/mol. The largest absolute Gasteiger partial charge is 0.465 e. The summed E-state index contributed by atoms with van der Waals surface area (Å²) < 4.78 is 11.1. The molecule has 0 aliphatic carbocycles. The molecule has 5 nitrogen and oxygen atoms in total. The van der Waals surface area contributed by atoms with Gasteiger partial charge >= 0.3 is 5.97 Å². The number of esters is 1. The molecule has 1 aromatic heterocycles. The molecule has 134 valence electrons. The fraction of sp³-hybridized carbons (Fsp3) is 0.167. The molecular weight excluding hydrogens is 394 g/mol. The quantitative estimate of drug-likeness (QED) is 0.419. The number of thiocarbonyl (C=S) groups is 1. The van der Waals surface area contributed by atoms with Crippen LogP contribution in [0.3, 0.4) is 0 Å². The highest BCUT2D eigenvalue weighted by molar-refractivity contribution is 8.26. The molecule has 26 heavy (non-hydrogen) atoms. The van der Waals surface area contributed by atoms with Crippen LogP contribution in [0.15, 0.2) is 39.7 Å². The lowest BCUT2D eigenvalue weighted by Gasteiger charge is -2.09. The molecule has 8 heteroatoms. The molecule has 1 aromatic carbocycles. The summed E-state index contributed by atoms with van der Waals surface area (Å²) in [4.78, 5) is 26.1. The van der Waals surface area contributed by atoms with Gasteiger partial charge in [-0.2, -0.15) is 0 Å². The molecule has 0 N–H and O–H groups in total. The Balaban J connectivity index is 1.90. The van der Waals surface area contributed by atoms with E-state index in [2.05, 4.69) is 0 Å². The second-order valence-corrected chi connectivity index (χ2v) is 7.40. The van der Waals surface area contributed by atoms with Crippen molar-refractivity contribution in [3.63, 3.8) is 0 Å². The SMILES string of the molecule is CCN1C(=O)/C(=C/c2ccc(-c3ccc(Cl)c(C(=O)OC)c3)o2)SC1=S. The number of nitrogens with zero attached hydrogens (tertiary/aromatic N) is 1. The number of hydrogen-bond acceptors (Lipinski definition) is 6. The van der Waals surface area contributed by atoms with Gasteiger partial charge in [0, 0.05) is 18.2 Å². The minimum absolute atomic E-state index is 0.125. The standard InChI is InChI=1S/C18H14ClNO4S2/c1-3-20-16(21)15(26-18(20)25)9-11-5-7-14(24-11)10-4-6-13(19)12(8-10)17(22)23-2/h4-9H,3H2,1-2H3/b15-9-. The molecule has 0 atom stereocenters. The van der Waals surface area contributed by atoms with Gasteiger partial charge in [0.05, 0.1) is 22.6 Å². The lowest BCUT2D eigenvalue weighted by atomic mass is 10.1. The maximum Gasteiger partial charge on any atom is 0.339 e. The van der Waals surface area contributed by atoms with Gasteiger partial charge in [-0.25, -0.2) is 4.79 Å². The zero-order valence-electron chi connectivity index (χ0n) is 13.9. The van der Waals surface area contributed by atoms with Crippen LogP contribution in [0.25, 0.3) is 17.4 Å². The Morgan fingerprint density at radius 1 is 1.38 bits per heavy atom. The summed E-state index contributed by atoms with van der Waals surface area (Å²) in [7, 11) is 1.29. The van der Waals surface area contributed by atoms with Crippen LogP contribution in [0.1, 0.15) is 23.0 Å². The van der Waals surface area contributed by atoms with Gasteiger partial charge in [-0.15, -0.1) is 0 Å². The summed E-state index contributed by atoms with van der Waals surface area (Å²) in [6.07, 6.45) is 1.66. The third-order valence-corrected chi connectivity index (χ3v) is 5.45. The van der Waals surface area contributed by atoms with E-state index in [4.69, 9.17) is 33.0 Å². The predicted octanol–water partition coefficient (Wildman–Crippen LogP) is 4.61. The highest BCUT2D eigenvalue weighted by atomic mass is 35.5. The van der Waals surface area contributed by atoms with Crippen LogP contribution < -0.4 is 0 Å². The number of halogens is 1. The van der Waals surface area contributed by atoms with Crippen molar-refractivity contribution in [1.29, 1.82) is 0 Å². The zero-order valence-corrected chi connectivity index (χ0v) is 16.3. The number of methoxy groups -OCH3 is 1. The number of ether oxygens (including phenoxy) is 1. The van der Waals surface area contributed by atoms with Crippen molar-refractivity contribution in [2.45, 2.75) is 6.92 Å². The van der Waals surface area contributed by atoms with Gasteiger partial charge in [-0.3, -0.25) is 9.69 Å². The summed E-state index contributed by atoms with van der Waals surface area (Å²) in [6, 6.07) is 8.47. The summed E-state index contributed by atoms with van der Waals surface area (Å²) in [5, 5.41) is 0.301. The van der Waals surface area contributed by atoms with Gasteiger partial charge in [-0.1, -0.05) is 35.6 Å². The third kappa shape index (κ3) is 3.56. The Hall–Kier alpha value is -2.09. The first-order valence-corrected chi connectivity index (χ1v) is 9.28. The second-order valence-electron chi connectivity index (χ2n) is 5.31. The first-order chi connectivity index (χ1) is 12.4. The molecule has 3 rings (SSSR count). The normalized spacial score (nSPS) is 15.8. The maximum atomic E-state index is 12.3. The van der Waals surface area contributed by atoms with Crippen molar-refractivity contribution in [2.24, 2.45) is 0 Å². The van der Waals surface area contributed by atoms with Gasteiger partial charge in [0.25, 0.3) is 5.91 Å². The van der Waals surface area contributed by atoms with E-state index in [-0.39, 0.29) is 11.5 Å². The molecule has 0 spiro atoms. The molecule has 2 heterocycles. The van der Waals surface area contributed by atoms with Crippen LogP contribution in [0, 0.1) is 0 Å². The smallest absolute Gasteiger partial charge is 0.339 e. The first-order valence-electron chi connectivity index (χ1n) is 7.68. The fourth-order valence-electron chi connectivity index (χ4n) is 2.43. The van der Waals surface area contributed by atoms with Gasteiger partial charge in [0.2, 0.25) is 0 Å². The van der Waals surface area contributed by atoms with E-state index < -0.39 is 5.97 Å². The Morgan fingerprint density at radius 3 is 2.81 bits per heavy atom. The van der Waals surface area contributed by atoms with E-state index in [0.29, 0.717) is 37.9 Å². The zero-order chi connectivity index (χ0) is 18.8.